The molecular weight excluding hydrogens is 352 g/mol. The molecule has 1 aromatic heterocycles. The monoisotopic (exact) mass is 388 g/mol. The van der Waals surface area contributed by atoms with E-state index in [1.165, 1.54) is 44.3 Å². The van der Waals surface area contributed by atoms with Gasteiger partial charge in [-0.2, -0.15) is 0 Å². The number of pyridine rings is 1. The van der Waals surface area contributed by atoms with Crippen LogP contribution in [0.1, 0.15) is 65.0 Å². The first-order valence-corrected chi connectivity index (χ1v) is 10.8. The van der Waals surface area contributed by atoms with E-state index in [1.807, 2.05) is 31.9 Å². The first kappa shape index (κ1) is 20.9. The number of hydrogen-bond donors (Lipinski definition) is 0. The van der Waals surface area contributed by atoms with Crippen LogP contribution in [0.5, 0.6) is 0 Å². The molecule has 0 aromatic carbocycles. The van der Waals surface area contributed by atoms with Crippen LogP contribution in [0.4, 0.5) is 10.6 Å². The van der Waals surface area contributed by atoms with Gasteiger partial charge in [-0.25, -0.2) is 9.78 Å². The molecule has 6 heteroatoms. The molecule has 156 valence electrons. The summed E-state index contributed by atoms with van der Waals surface area (Å²) in [6, 6.07) is 4.78. The number of ether oxygens (including phenoxy) is 1. The van der Waals surface area contributed by atoms with Gasteiger partial charge >= 0.3 is 6.09 Å². The first-order valence-electron chi connectivity index (χ1n) is 10.8. The maximum absolute atomic E-state index is 12.3. The van der Waals surface area contributed by atoms with E-state index in [9.17, 15) is 4.79 Å². The molecule has 1 aromatic rings. The van der Waals surface area contributed by atoms with E-state index in [1.54, 1.807) is 0 Å². The van der Waals surface area contributed by atoms with E-state index in [-0.39, 0.29) is 6.09 Å². The van der Waals surface area contributed by atoms with Gasteiger partial charge in [-0.05, 0) is 59.2 Å². The van der Waals surface area contributed by atoms with Crippen LogP contribution in [0.15, 0.2) is 18.3 Å². The van der Waals surface area contributed by atoms with Gasteiger partial charge in [0.05, 0.1) is 0 Å². The highest BCUT2D eigenvalue weighted by Gasteiger charge is 2.31. The van der Waals surface area contributed by atoms with Crippen LogP contribution in [-0.4, -0.2) is 65.7 Å². The van der Waals surface area contributed by atoms with Crippen LogP contribution < -0.4 is 4.90 Å². The SMILES string of the molecule is CCCCN1CCCC1c1cccnc1N1CCN(C(=O)OC(C)(C)C)CC1. The van der Waals surface area contributed by atoms with Crippen molar-refractivity contribution in [1.82, 2.24) is 14.8 Å². The van der Waals surface area contributed by atoms with Crippen molar-refractivity contribution in [1.29, 1.82) is 0 Å². The molecule has 0 N–H and O–H groups in total. The Labute approximate surface area is 169 Å². The minimum Gasteiger partial charge on any atom is -0.444 e. The summed E-state index contributed by atoms with van der Waals surface area (Å²) in [5, 5.41) is 0. The summed E-state index contributed by atoms with van der Waals surface area (Å²) in [4.78, 5) is 23.9. The van der Waals surface area contributed by atoms with E-state index in [0.29, 0.717) is 19.1 Å². The Morgan fingerprint density at radius 2 is 1.96 bits per heavy atom. The fourth-order valence-electron chi connectivity index (χ4n) is 4.17. The number of anilines is 1. The van der Waals surface area contributed by atoms with Crippen molar-refractivity contribution in [2.24, 2.45) is 0 Å². The number of aromatic nitrogens is 1. The molecule has 3 heterocycles. The summed E-state index contributed by atoms with van der Waals surface area (Å²) in [6.45, 7) is 13.3. The molecular formula is C22H36N4O2. The molecule has 2 fully saturated rings. The molecule has 0 aliphatic carbocycles. The largest absolute Gasteiger partial charge is 0.444 e. The molecule has 1 unspecified atom stereocenters. The molecule has 6 nitrogen and oxygen atoms in total. The van der Waals surface area contributed by atoms with Gasteiger partial charge in [0.15, 0.2) is 0 Å². The van der Waals surface area contributed by atoms with Gasteiger partial charge in [-0.1, -0.05) is 19.4 Å². The number of carbonyl (C=O) groups excluding carboxylic acids is 1. The predicted octanol–water partition coefficient (Wildman–Crippen LogP) is 4.08. The van der Waals surface area contributed by atoms with Crippen LogP contribution in [0, 0.1) is 0 Å². The Morgan fingerprint density at radius 1 is 1.21 bits per heavy atom. The van der Waals surface area contributed by atoms with E-state index in [2.05, 4.69) is 28.9 Å². The zero-order valence-electron chi connectivity index (χ0n) is 18.0. The molecule has 0 spiro atoms. The van der Waals surface area contributed by atoms with Crippen LogP contribution in [0.25, 0.3) is 0 Å². The molecule has 28 heavy (non-hydrogen) atoms. The molecule has 0 bridgehead atoms. The molecule has 2 saturated heterocycles. The minimum absolute atomic E-state index is 0.213. The van der Waals surface area contributed by atoms with Crippen LogP contribution in [0.3, 0.4) is 0 Å². The average molecular weight is 389 g/mol. The van der Waals surface area contributed by atoms with Gasteiger partial charge < -0.3 is 14.5 Å². The Kier molecular flexibility index (Phi) is 6.81. The summed E-state index contributed by atoms with van der Waals surface area (Å²) in [6.07, 6.45) is 6.63. The van der Waals surface area contributed by atoms with Crippen LogP contribution in [-0.2, 0) is 4.74 Å². The number of amides is 1. The molecule has 2 aliphatic heterocycles. The van der Waals surface area contributed by atoms with Crippen molar-refractivity contribution in [3.63, 3.8) is 0 Å². The first-order chi connectivity index (χ1) is 13.4. The van der Waals surface area contributed by atoms with Crippen molar-refractivity contribution in [2.75, 3.05) is 44.2 Å². The van der Waals surface area contributed by atoms with Crippen molar-refractivity contribution < 1.29 is 9.53 Å². The number of unbranched alkanes of at least 4 members (excludes halogenated alkanes) is 1. The summed E-state index contributed by atoms with van der Waals surface area (Å²) in [7, 11) is 0. The summed E-state index contributed by atoms with van der Waals surface area (Å²) in [5.41, 5.74) is 0.897. The van der Waals surface area contributed by atoms with Gasteiger partial charge in [-0.3, -0.25) is 4.90 Å². The summed E-state index contributed by atoms with van der Waals surface area (Å²) >= 11 is 0. The second kappa shape index (κ2) is 9.12. The number of carbonyl (C=O) groups is 1. The maximum atomic E-state index is 12.3. The Hall–Kier alpha value is -1.82. The second-order valence-electron chi connectivity index (χ2n) is 8.92. The molecule has 0 radical (unpaired) electrons. The highest BCUT2D eigenvalue weighted by atomic mass is 16.6. The van der Waals surface area contributed by atoms with E-state index >= 15 is 0 Å². The lowest BCUT2D eigenvalue weighted by atomic mass is 10.0. The fraction of sp³-hybridized carbons (Fsp3) is 0.727. The third kappa shape index (κ3) is 5.16. The van der Waals surface area contributed by atoms with Gasteiger partial charge in [0.2, 0.25) is 0 Å². The van der Waals surface area contributed by atoms with Gasteiger partial charge in [0, 0.05) is 44.0 Å². The Balaban J connectivity index is 1.66. The number of rotatable bonds is 5. The Morgan fingerprint density at radius 3 is 2.64 bits per heavy atom. The number of piperazine rings is 1. The highest BCUT2D eigenvalue weighted by Crippen LogP contribution is 2.36. The molecule has 2 aliphatic rings. The third-order valence-electron chi connectivity index (χ3n) is 5.57. The van der Waals surface area contributed by atoms with Crippen molar-refractivity contribution in [3.8, 4) is 0 Å². The van der Waals surface area contributed by atoms with Gasteiger partial charge in [0.25, 0.3) is 0 Å². The highest BCUT2D eigenvalue weighted by molar-refractivity contribution is 5.68. The second-order valence-corrected chi connectivity index (χ2v) is 8.92. The van der Waals surface area contributed by atoms with Crippen molar-refractivity contribution in [3.05, 3.63) is 23.9 Å². The van der Waals surface area contributed by atoms with Gasteiger partial charge in [0.1, 0.15) is 11.4 Å². The number of likely N-dealkylation sites (tertiary alicyclic amines) is 1. The number of nitrogens with zero attached hydrogens (tertiary/aromatic N) is 4. The Bertz CT molecular complexity index is 650. The molecule has 1 amide bonds. The summed E-state index contributed by atoms with van der Waals surface area (Å²) in [5.74, 6) is 1.10. The molecule has 3 rings (SSSR count). The fourth-order valence-corrected chi connectivity index (χ4v) is 4.17. The van der Waals surface area contributed by atoms with E-state index < -0.39 is 5.60 Å². The van der Waals surface area contributed by atoms with Crippen molar-refractivity contribution >= 4 is 11.9 Å². The lowest BCUT2D eigenvalue weighted by Gasteiger charge is -2.37. The lowest BCUT2D eigenvalue weighted by Crippen LogP contribution is -2.50. The topological polar surface area (TPSA) is 48.9 Å². The quantitative estimate of drug-likeness (QED) is 0.761. The van der Waals surface area contributed by atoms with Crippen LogP contribution in [0.2, 0.25) is 0 Å². The molecule has 1 atom stereocenters. The average Bonchev–Trinajstić information content (AvgIpc) is 3.13. The lowest BCUT2D eigenvalue weighted by molar-refractivity contribution is 0.0240. The van der Waals surface area contributed by atoms with Gasteiger partial charge in [-0.15, -0.1) is 0 Å². The van der Waals surface area contributed by atoms with E-state index in [4.69, 9.17) is 9.72 Å². The third-order valence-corrected chi connectivity index (χ3v) is 5.57. The molecule has 0 saturated carbocycles. The zero-order chi connectivity index (χ0) is 20.1. The maximum Gasteiger partial charge on any atom is 0.410 e. The zero-order valence-corrected chi connectivity index (χ0v) is 18.0. The van der Waals surface area contributed by atoms with Crippen LogP contribution >= 0.6 is 0 Å². The summed E-state index contributed by atoms with van der Waals surface area (Å²) < 4.78 is 5.52. The number of hydrogen-bond acceptors (Lipinski definition) is 5. The van der Waals surface area contributed by atoms with E-state index in [0.717, 1.165) is 18.9 Å². The predicted molar refractivity (Wildman–Crippen MR) is 113 cm³/mol. The standard InChI is InChI=1S/C22H36N4O2/c1-5-6-12-24-13-8-10-19(24)18-9-7-11-23-20(18)25-14-16-26(17-15-25)21(27)28-22(2,3)4/h7,9,11,19H,5-6,8,10,12-17H2,1-4H3. The minimum atomic E-state index is -0.452. The van der Waals surface area contributed by atoms with Crippen molar-refractivity contribution in [2.45, 2.75) is 65.0 Å². The smallest absolute Gasteiger partial charge is 0.410 e. The normalized spacial score (nSPS) is 21.2.